The molecule has 1 saturated heterocycles. The monoisotopic (exact) mass is 331 g/mol. The van der Waals surface area contributed by atoms with Crippen molar-refractivity contribution in [2.45, 2.75) is 18.9 Å². The number of quaternary nitrogens is 1. The predicted octanol–water partition coefficient (Wildman–Crippen LogP) is 1.62. The summed E-state index contributed by atoms with van der Waals surface area (Å²) in [6, 6.07) is 2.41. The van der Waals surface area contributed by atoms with Crippen LogP contribution in [0.3, 0.4) is 0 Å². The van der Waals surface area contributed by atoms with Crippen molar-refractivity contribution < 1.29 is 19.3 Å². The van der Waals surface area contributed by atoms with Crippen molar-refractivity contribution in [2.24, 2.45) is 0 Å². The minimum absolute atomic E-state index is 0.102. The molecule has 0 bridgehead atoms. The van der Waals surface area contributed by atoms with Gasteiger partial charge in [0, 0.05) is 31.6 Å². The van der Waals surface area contributed by atoms with E-state index < -0.39 is 11.6 Å². The number of aromatic nitrogens is 2. The molecule has 1 fully saturated rings. The van der Waals surface area contributed by atoms with Crippen LogP contribution in [0.25, 0.3) is 0 Å². The smallest absolute Gasteiger partial charge is 0.222 e. The van der Waals surface area contributed by atoms with Gasteiger partial charge >= 0.3 is 0 Å². The van der Waals surface area contributed by atoms with Gasteiger partial charge in [0.2, 0.25) is 11.8 Å². The zero-order valence-electron chi connectivity index (χ0n) is 13.0. The van der Waals surface area contributed by atoms with Crippen molar-refractivity contribution in [3.8, 4) is 11.8 Å². The molecule has 0 amide bonds. The molecule has 1 aliphatic rings. The van der Waals surface area contributed by atoms with Gasteiger partial charge in [0.1, 0.15) is 11.4 Å². The molecule has 5 nitrogen and oxygen atoms in total. The van der Waals surface area contributed by atoms with Gasteiger partial charge in [0.05, 0.1) is 11.7 Å². The lowest BCUT2D eigenvalue weighted by Crippen LogP contribution is -2.41. The van der Waals surface area contributed by atoms with Crippen molar-refractivity contribution in [2.75, 3.05) is 18.5 Å². The van der Waals surface area contributed by atoms with E-state index in [-0.39, 0.29) is 17.4 Å². The van der Waals surface area contributed by atoms with Gasteiger partial charge in [-0.1, -0.05) is 11.8 Å². The largest absolute Gasteiger partial charge is 0.376 e. The van der Waals surface area contributed by atoms with E-state index in [2.05, 4.69) is 32.9 Å². The Balaban J connectivity index is 1.68. The Kier molecular flexibility index (Phi) is 4.99. The predicted molar refractivity (Wildman–Crippen MR) is 84.4 cm³/mol. The fourth-order valence-electron chi connectivity index (χ4n) is 2.34. The number of benzene rings is 1. The quantitative estimate of drug-likeness (QED) is 0.838. The molecular formula is C17H17F2N4O+. The van der Waals surface area contributed by atoms with Gasteiger partial charge in [-0.25, -0.2) is 14.4 Å². The van der Waals surface area contributed by atoms with Crippen LogP contribution in [0.4, 0.5) is 20.4 Å². The van der Waals surface area contributed by atoms with Crippen molar-refractivity contribution in [1.29, 1.82) is 0 Å². The Labute approximate surface area is 138 Å². The van der Waals surface area contributed by atoms with Crippen LogP contribution in [0.2, 0.25) is 0 Å². The maximum Gasteiger partial charge on any atom is 0.222 e. The molecule has 2 heterocycles. The Hall–Kier alpha value is -2.56. The fraction of sp³-hybridized carbons (Fsp3) is 0.294. The van der Waals surface area contributed by atoms with Crippen molar-refractivity contribution in [3.05, 3.63) is 47.3 Å². The number of hydrogen-bond donors (Lipinski definition) is 2. The summed E-state index contributed by atoms with van der Waals surface area (Å²) in [6.07, 6.45) is 5.29. The maximum atomic E-state index is 13.8. The minimum atomic E-state index is -0.752. The van der Waals surface area contributed by atoms with E-state index >= 15 is 0 Å². The van der Waals surface area contributed by atoms with Crippen molar-refractivity contribution in [1.82, 2.24) is 9.97 Å². The minimum Gasteiger partial charge on any atom is -0.376 e. The van der Waals surface area contributed by atoms with Crippen LogP contribution in [0, 0.1) is 23.5 Å². The number of halogens is 2. The van der Waals surface area contributed by atoms with E-state index in [1.165, 1.54) is 18.5 Å². The zero-order valence-corrected chi connectivity index (χ0v) is 13.0. The average molecular weight is 331 g/mol. The molecule has 0 radical (unpaired) electrons. The molecule has 1 aromatic carbocycles. The highest BCUT2D eigenvalue weighted by atomic mass is 19.1. The SMILES string of the molecule is [NH3+]c1ccc(F)c(C#Cc2cnc(NCC3CCCO3)nc2)c1F. The molecule has 7 heteroatoms. The summed E-state index contributed by atoms with van der Waals surface area (Å²) in [4.78, 5) is 8.27. The molecule has 2 aromatic rings. The van der Waals surface area contributed by atoms with Gasteiger partial charge in [-0.15, -0.1) is 0 Å². The van der Waals surface area contributed by atoms with E-state index in [9.17, 15) is 8.78 Å². The highest BCUT2D eigenvalue weighted by Gasteiger charge is 2.15. The Morgan fingerprint density at radius 3 is 2.75 bits per heavy atom. The van der Waals surface area contributed by atoms with Crippen molar-refractivity contribution in [3.63, 3.8) is 0 Å². The zero-order chi connectivity index (χ0) is 16.9. The summed E-state index contributed by atoms with van der Waals surface area (Å²) in [5.41, 5.74) is 3.75. The lowest BCUT2D eigenvalue weighted by atomic mass is 10.1. The van der Waals surface area contributed by atoms with Crippen LogP contribution in [0.5, 0.6) is 0 Å². The number of nitrogens with zero attached hydrogens (tertiary/aromatic N) is 2. The van der Waals surface area contributed by atoms with Crippen LogP contribution in [0.15, 0.2) is 24.5 Å². The summed E-state index contributed by atoms with van der Waals surface area (Å²) in [5, 5.41) is 3.09. The summed E-state index contributed by atoms with van der Waals surface area (Å²) in [5.74, 6) is 4.13. The second-order valence-corrected chi connectivity index (χ2v) is 5.46. The van der Waals surface area contributed by atoms with E-state index in [1.54, 1.807) is 0 Å². The molecule has 1 aromatic heterocycles. The highest BCUT2D eigenvalue weighted by Crippen LogP contribution is 2.16. The number of ether oxygens (including phenoxy) is 1. The number of hydrogen-bond acceptors (Lipinski definition) is 4. The maximum absolute atomic E-state index is 13.8. The Bertz CT molecular complexity index is 778. The average Bonchev–Trinajstić information content (AvgIpc) is 3.11. The molecule has 0 spiro atoms. The first-order valence-electron chi connectivity index (χ1n) is 7.63. The summed E-state index contributed by atoms with van der Waals surface area (Å²) < 4.78 is 32.9. The third-order valence-corrected chi connectivity index (χ3v) is 3.67. The molecule has 124 valence electrons. The molecule has 0 aliphatic carbocycles. The molecular weight excluding hydrogens is 314 g/mol. The number of nitrogens with one attached hydrogen (secondary N) is 1. The molecule has 24 heavy (non-hydrogen) atoms. The molecule has 1 unspecified atom stereocenters. The van der Waals surface area contributed by atoms with Crippen LogP contribution < -0.4 is 11.1 Å². The summed E-state index contributed by atoms with van der Waals surface area (Å²) in [7, 11) is 0. The summed E-state index contributed by atoms with van der Waals surface area (Å²) in [6.45, 7) is 1.45. The Morgan fingerprint density at radius 2 is 2.04 bits per heavy atom. The van der Waals surface area contributed by atoms with Gasteiger partial charge < -0.3 is 15.8 Å². The lowest BCUT2D eigenvalue weighted by molar-refractivity contribution is -0.258. The van der Waals surface area contributed by atoms with Gasteiger partial charge in [0.25, 0.3) is 0 Å². The van der Waals surface area contributed by atoms with Crippen LogP contribution >= 0.6 is 0 Å². The normalized spacial score (nSPS) is 16.5. The first-order chi connectivity index (χ1) is 11.6. The topological polar surface area (TPSA) is 74.7 Å². The number of anilines is 1. The van der Waals surface area contributed by atoms with Crippen LogP contribution in [-0.4, -0.2) is 29.2 Å². The van der Waals surface area contributed by atoms with Gasteiger partial charge in [0.15, 0.2) is 5.69 Å². The van der Waals surface area contributed by atoms with E-state index in [0.717, 1.165) is 25.5 Å². The van der Waals surface area contributed by atoms with Gasteiger partial charge in [-0.3, -0.25) is 0 Å². The highest BCUT2D eigenvalue weighted by molar-refractivity contribution is 5.48. The summed E-state index contributed by atoms with van der Waals surface area (Å²) >= 11 is 0. The van der Waals surface area contributed by atoms with E-state index in [4.69, 9.17) is 4.74 Å². The van der Waals surface area contributed by atoms with Crippen molar-refractivity contribution >= 4 is 11.6 Å². The molecule has 3 rings (SSSR count). The van der Waals surface area contributed by atoms with E-state index in [1.807, 2.05) is 0 Å². The molecule has 0 saturated carbocycles. The fourth-order valence-corrected chi connectivity index (χ4v) is 2.34. The van der Waals surface area contributed by atoms with Gasteiger partial charge in [-0.2, -0.15) is 4.39 Å². The Morgan fingerprint density at radius 1 is 1.25 bits per heavy atom. The van der Waals surface area contributed by atoms with Crippen LogP contribution in [0.1, 0.15) is 24.0 Å². The standard InChI is InChI=1S/C17H16F2N4O/c18-14-5-6-15(20)16(19)13(14)4-3-11-8-21-17(22-9-11)23-10-12-2-1-7-24-12/h5-6,8-9,12H,1-2,7,10,20H2,(H,21,22,23)/p+1. The van der Waals surface area contributed by atoms with Gasteiger partial charge in [-0.05, 0) is 18.9 Å². The third-order valence-electron chi connectivity index (χ3n) is 3.67. The molecule has 4 N–H and O–H groups in total. The first kappa shape index (κ1) is 16.3. The number of rotatable bonds is 3. The molecule has 1 atom stereocenters. The van der Waals surface area contributed by atoms with Crippen LogP contribution in [-0.2, 0) is 4.74 Å². The lowest BCUT2D eigenvalue weighted by Gasteiger charge is -2.10. The second kappa shape index (κ2) is 7.34. The third kappa shape index (κ3) is 3.85. The molecule has 1 aliphatic heterocycles. The second-order valence-electron chi connectivity index (χ2n) is 5.46. The van der Waals surface area contributed by atoms with E-state index in [0.29, 0.717) is 18.1 Å². The first-order valence-corrected chi connectivity index (χ1v) is 7.63.